The minimum atomic E-state index is -0.456. The molecule has 0 spiro atoms. The van der Waals surface area contributed by atoms with Crippen molar-refractivity contribution < 1.29 is 14.6 Å². The maximum atomic E-state index is 13.8. The third-order valence-corrected chi connectivity index (χ3v) is 4.99. The van der Waals surface area contributed by atoms with Crippen LogP contribution < -0.4 is 10.6 Å². The molecule has 1 atom stereocenters. The number of aromatic hydroxyl groups is 1. The second kappa shape index (κ2) is 8.08. The summed E-state index contributed by atoms with van der Waals surface area (Å²) in [7, 11) is 0. The van der Waals surface area contributed by atoms with E-state index in [2.05, 4.69) is 20.6 Å². The van der Waals surface area contributed by atoms with Crippen molar-refractivity contribution in [1.82, 2.24) is 15.3 Å². The summed E-state index contributed by atoms with van der Waals surface area (Å²) in [5.74, 6) is 0.427. The molecule has 0 saturated carbocycles. The fourth-order valence-electron chi connectivity index (χ4n) is 3.50. The van der Waals surface area contributed by atoms with Crippen molar-refractivity contribution in [1.29, 1.82) is 0 Å². The van der Waals surface area contributed by atoms with E-state index in [0.29, 0.717) is 12.2 Å². The molecule has 0 amide bonds. The van der Waals surface area contributed by atoms with Crippen LogP contribution in [0, 0.1) is 5.82 Å². The second-order valence-corrected chi connectivity index (χ2v) is 7.07. The Hall–Kier alpha value is -2.77. The van der Waals surface area contributed by atoms with Gasteiger partial charge in [-0.15, -0.1) is 0 Å². The largest absolute Gasteiger partial charge is 0.507 e. The molecule has 1 aromatic heterocycles. The molecule has 1 fully saturated rings. The van der Waals surface area contributed by atoms with Gasteiger partial charge in [-0.3, -0.25) is 0 Å². The van der Waals surface area contributed by atoms with Crippen LogP contribution in [-0.2, 0) is 6.42 Å². The summed E-state index contributed by atoms with van der Waals surface area (Å²) < 4.78 is 13.8. The van der Waals surface area contributed by atoms with Gasteiger partial charge in [-0.05, 0) is 61.7 Å². The van der Waals surface area contributed by atoms with Crippen molar-refractivity contribution in [2.45, 2.75) is 25.3 Å². The lowest BCUT2D eigenvalue weighted by atomic mass is 10.1. The Morgan fingerprint density at radius 3 is 2.86 bits per heavy atom. The molecule has 0 radical (unpaired) electrons. The predicted octanol–water partition coefficient (Wildman–Crippen LogP) is 2.84. The summed E-state index contributed by atoms with van der Waals surface area (Å²) in [6.45, 7) is 1.93. The number of phenols is 1. The van der Waals surface area contributed by atoms with Gasteiger partial charge in [0.25, 0.3) is 0 Å². The number of aromatic nitrogens is 2. The molecule has 0 aliphatic carbocycles. The molecule has 3 aromatic rings. The number of benzene rings is 2. The fraction of sp³-hybridized carbons (Fsp3) is 0.333. The SMILES string of the molecule is OCCCc1ccc2c(NC3CCNC3)nc(-c3cc(F)ccc3O)nc2c1. The first-order valence-electron chi connectivity index (χ1n) is 9.52. The first-order valence-corrected chi connectivity index (χ1v) is 9.52. The monoisotopic (exact) mass is 382 g/mol. The van der Waals surface area contributed by atoms with E-state index < -0.39 is 5.82 Å². The average molecular weight is 382 g/mol. The molecule has 4 N–H and O–H groups in total. The van der Waals surface area contributed by atoms with Gasteiger partial charge in [0.2, 0.25) is 0 Å². The van der Waals surface area contributed by atoms with Crippen LogP contribution >= 0.6 is 0 Å². The van der Waals surface area contributed by atoms with Gasteiger partial charge in [0.1, 0.15) is 17.4 Å². The number of fused-ring (bicyclic) bond motifs is 1. The van der Waals surface area contributed by atoms with Gasteiger partial charge >= 0.3 is 0 Å². The molecule has 6 nitrogen and oxygen atoms in total. The van der Waals surface area contributed by atoms with Crippen molar-refractivity contribution in [2.75, 3.05) is 25.0 Å². The molecule has 1 saturated heterocycles. The Labute approximate surface area is 162 Å². The van der Waals surface area contributed by atoms with Crippen molar-refractivity contribution in [3.63, 3.8) is 0 Å². The van der Waals surface area contributed by atoms with Gasteiger partial charge in [0.05, 0.1) is 11.1 Å². The smallest absolute Gasteiger partial charge is 0.165 e. The van der Waals surface area contributed by atoms with Gasteiger partial charge < -0.3 is 20.8 Å². The molecule has 1 aliphatic rings. The number of rotatable bonds is 6. The van der Waals surface area contributed by atoms with Crippen molar-refractivity contribution in [2.24, 2.45) is 0 Å². The molecular weight excluding hydrogens is 359 g/mol. The predicted molar refractivity (Wildman–Crippen MR) is 107 cm³/mol. The summed E-state index contributed by atoms with van der Waals surface area (Å²) in [4.78, 5) is 9.21. The number of hydrogen-bond acceptors (Lipinski definition) is 6. The topological polar surface area (TPSA) is 90.3 Å². The minimum absolute atomic E-state index is 0.0642. The lowest BCUT2D eigenvalue weighted by Gasteiger charge is -2.16. The molecule has 1 unspecified atom stereocenters. The number of halogens is 1. The molecule has 2 aromatic carbocycles. The van der Waals surface area contributed by atoms with E-state index in [0.717, 1.165) is 42.4 Å². The van der Waals surface area contributed by atoms with E-state index in [9.17, 15) is 9.50 Å². The van der Waals surface area contributed by atoms with E-state index in [1.807, 2.05) is 18.2 Å². The third-order valence-electron chi connectivity index (χ3n) is 4.99. The van der Waals surface area contributed by atoms with Gasteiger partial charge in [0.15, 0.2) is 5.82 Å². The fourth-order valence-corrected chi connectivity index (χ4v) is 3.50. The van der Waals surface area contributed by atoms with E-state index in [1.165, 1.54) is 18.2 Å². The Morgan fingerprint density at radius 2 is 2.07 bits per heavy atom. The molecule has 2 heterocycles. The van der Waals surface area contributed by atoms with Crippen LogP contribution in [0.5, 0.6) is 5.75 Å². The Bertz CT molecular complexity index is 990. The summed E-state index contributed by atoms with van der Waals surface area (Å²) >= 11 is 0. The number of aliphatic hydroxyl groups is 1. The summed E-state index contributed by atoms with van der Waals surface area (Å²) in [5, 5.41) is 26.9. The molecule has 1 aliphatic heterocycles. The van der Waals surface area contributed by atoms with E-state index in [4.69, 9.17) is 5.11 Å². The third kappa shape index (κ3) is 3.90. The molecule has 7 heteroatoms. The molecular formula is C21H23FN4O2. The zero-order valence-corrected chi connectivity index (χ0v) is 15.5. The zero-order chi connectivity index (χ0) is 19.5. The number of anilines is 1. The van der Waals surface area contributed by atoms with E-state index in [1.54, 1.807) is 0 Å². The number of nitrogens with zero attached hydrogens (tertiary/aromatic N) is 2. The van der Waals surface area contributed by atoms with Crippen LogP contribution in [0.25, 0.3) is 22.3 Å². The number of aryl methyl sites for hydroxylation is 1. The molecule has 28 heavy (non-hydrogen) atoms. The lowest BCUT2D eigenvalue weighted by molar-refractivity contribution is 0.288. The van der Waals surface area contributed by atoms with E-state index >= 15 is 0 Å². The first kappa shape index (κ1) is 18.6. The van der Waals surface area contributed by atoms with Crippen LogP contribution in [0.1, 0.15) is 18.4 Å². The maximum Gasteiger partial charge on any atom is 0.165 e. The molecule has 146 valence electrons. The molecule has 4 rings (SSSR count). The summed E-state index contributed by atoms with van der Waals surface area (Å²) in [6, 6.07) is 9.96. The van der Waals surface area contributed by atoms with Crippen LogP contribution in [0.3, 0.4) is 0 Å². The number of hydrogen-bond donors (Lipinski definition) is 4. The summed E-state index contributed by atoms with van der Waals surface area (Å²) in [6.07, 6.45) is 2.40. The van der Waals surface area contributed by atoms with Gasteiger partial charge in [-0.2, -0.15) is 0 Å². The van der Waals surface area contributed by atoms with Crippen LogP contribution in [0.2, 0.25) is 0 Å². The first-order chi connectivity index (χ1) is 13.6. The van der Waals surface area contributed by atoms with Crippen LogP contribution in [0.4, 0.5) is 10.2 Å². The van der Waals surface area contributed by atoms with E-state index in [-0.39, 0.29) is 29.8 Å². The highest BCUT2D eigenvalue weighted by molar-refractivity contribution is 5.91. The number of nitrogens with one attached hydrogen (secondary N) is 2. The average Bonchev–Trinajstić information content (AvgIpc) is 3.21. The quantitative estimate of drug-likeness (QED) is 0.524. The van der Waals surface area contributed by atoms with Crippen molar-refractivity contribution in [3.8, 4) is 17.1 Å². The second-order valence-electron chi connectivity index (χ2n) is 7.07. The standard InChI is InChI=1S/C21H23FN4O2/c22-14-4-6-19(28)17(11-14)21-25-18-10-13(2-1-9-27)3-5-16(18)20(26-21)24-15-7-8-23-12-15/h3-6,10-11,15,23,27-28H,1-2,7-9,12H2,(H,24,25,26). The van der Waals surface area contributed by atoms with Gasteiger partial charge in [-0.1, -0.05) is 6.07 Å². The van der Waals surface area contributed by atoms with Gasteiger partial charge in [-0.25, -0.2) is 14.4 Å². The lowest BCUT2D eigenvalue weighted by Crippen LogP contribution is -2.23. The van der Waals surface area contributed by atoms with Crippen LogP contribution in [-0.4, -0.2) is 45.9 Å². The minimum Gasteiger partial charge on any atom is -0.507 e. The Kier molecular flexibility index (Phi) is 5.36. The Balaban J connectivity index is 1.82. The van der Waals surface area contributed by atoms with Crippen molar-refractivity contribution >= 4 is 16.7 Å². The number of phenolic OH excluding ortho intramolecular Hbond substituents is 1. The highest BCUT2D eigenvalue weighted by atomic mass is 19.1. The summed E-state index contributed by atoms with van der Waals surface area (Å²) in [5.41, 5.74) is 2.04. The van der Waals surface area contributed by atoms with Gasteiger partial charge in [0, 0.05) is 24.6 Å². The molecule has 0 bridgehead atoms. The van der Waals surface area contributed by atoms with Crippen LogP contribution in [0.15, 0.2) is 36.4 Å². The zero-order valence-electron chi connectivity index (χ0n) is 15.5. The normalized spacial score (nSPS) is 16.6. The number of aliphatic hydroxyl groups excluding tert-OH is 1. The highest BCUT2D eigenvalue weighted by Crippen LogP contribution is 2.31. The van der Waals surface area contributed by atoms with Crippen molar-refractivity contribution in [3.05, 3.63) is 47.8 Å². The Morgan fingerprint density at radius 1 is 1.18 bits per heavy atom. The maximum absolute atomic E-state index is 13.8. The highest BCUT2D eigenvalue weighted by Gasteiger charge is 2.18.